The molecule has 7 heteroatoms. The summed E-state index contributed by atoms with van der Waals surface area (Å²) in [6, 6.07) is 5.64. The molecule has 0 unspecified atom stereocenters. The molecule has 0 spiro atoms. The first kappa shape index (κ1) is 20.2. The Morgan fingerprint density at radius 3 is 2.61 bits per heavy atom. The first-order valence-electron chi connectivity index (χ1n) is 9.71. The Labute approximate surface area is 165 Å². The molecule has 2 aromatic rings. The van der Waals surface area contributed by atoms with E-state index in [0.717, 1.165) is 43.0 Å². The fourth-order valence-electron chi connectivity index (χ4n) is 3.52. The molecular weight excluding hydrogens is 358 g/mol. The maximum absolute atomic E-state index is 12.5. The number of ether oxygens (including phenoxy) is 3. The van der Waals surface area contributed by atoms with E-state index in [4.69, 9.17) is 14.2 Å². The molecule has 28 heavy (non-hydrogen) atoms. The number of H-pyrrole nitrogens is 1. The summed E-state index contributed by atoms with van der Waals surface area (Å²) in [5.41, 5.74) is 3.28. The highest BCUT2D eigenvalue weighted by Gasteiger charge is 2.26. The minimum Gasteiger partial charge on any atom is -0.493 e. The van der Waals surface area contributed by atoms with Crippen LogP contribution in [0, 0.1) is 5.92 Å². The number of aromatic nitrogens is 2. The number of nitrogens with one attached hydrogen (secondary N) is 2. The summed E-state index contributed by atoms with van der Waals surface area (Å²) in [7, 11) is 3.21. The van der Waals surface area contributed by atoms with E-state index in [2.05, 4.69) is 15.5 Å². The summed E-state index contributed by atoms with van der Waals surface area (Å²) in [6.07, 6.45) is 2.27. The van der Waals surface area contributed by atoms with Gasteiger partial charge < -0.3 is 19.5 Å². The molecule has 1 aliphatic heterocycles. The van der Waals surface area contributed by atoms with Crippen molar-refractivity contribution in [2.24, 2.45) is 5.92 Å². The molecule has 0 saturated carbocycles. The number of hydrogen-bond donors (Lipinski definition) is 2. The van der Waals surface area contributed by atoms with E-state index >= 15 is 0 Å². The smallest absolute Gasteiger partial charge is 0.224 e. The number of anilines is 1. The quantitative estimate of drug-likeness (QED) is 0.751. The molecule has 1 aliphatic rings. The number of rotatable bonds is 7. The third-order valence-corrected chi connectivity index (χ3v) is 4.94. The van der Waals surface area contributed by atoms with Gasteiger partial charge in [-0.05, 0) is 37.0 Å². The van der Waals surface area contributed by atoms with Gasteiger partial charge in [0.05, 0.1) is 25.6 Å². The van der Waals surface area contributed by atoms with Crippen molar-refractivity contribution in [3.8, 4) is 22.8 Å². The maximum atomic E-state index is 12.5. The number of hydrogen-bond acceptors (Lipinski definition) is 5. The van der Waals surface area contributed by atoms with Crippen LogP contribution >= 0.6 is 0 Å². The topological polar surface area (TPSA) is 85.5 Å². The van der Waals surface area contributed by atoms with Gasteiger partial charge in [0, 0.05) is 31.1 Å². The van der Waals surface area contributed by atoms with Crippen molar-refractivity contribution >= 4 is 11.6 Å². The van der Waals surface area contributed by atoms with Gasteiger partial charge in [0.15, 0.2) is 11.5 Å². The normalized spacial score (nSPS) is 14.9. The van der Waals surface area contributed by atoms with Gasteiger partial charge in [0.2, 0.25) is 5.91 Å². The predicted octanol–water partition coefficient (Wildman–Crippen LogP) is 3.97. The predicted molar refractivity (Wildman–Crippen MR) is 108 cm³/mol. The first-order chi connectivity index (χ1) is 13.5. The van der Waals surface area contributed by atoms with Gasteiger partial charge in [0.25, 0.3) is 0 Å². The molecule has 0 bridgehead atoms. The summed E-state index contributed by atoms with van der Waals surface area (Å²) < 4.78 is 16.2. The standard InChI is InChI=1S/C21H29N3O4/c1-13(2)11-18(25)22-21-19(14-7-9-28-10-8-14)23-24-20(21)15-5-6-16(26-3)17(12-15)27-4/h5-6,12-14H,7-11H2,1-4H3,(H,22,25)(H,23,24). The largest absolute Gasteiger partial charge is 0.493 e. The van der Waals surface area contributed by atoms with Crippen LogP contribution in [0.3, 0.4) is 0 Å². The monoisotopic (exact) mass is 387 g/mol. The third kappa shape index (κ3) is 4.47. The van der Waals surface area contributed by atoms with Gasteiger partial charge in [-0.1, -0.05) is 13.8 Å². The highest BCUT2D eigenvalue weighted by Crippen LogP contribution is 2.39. The molecule has 1 fully saturated rings. The molecule has 3 rings (SSSR count). The zero-order valence-corrected chi connectivity index (χ0v) is 17.0. The van der Waals surface area contributed by atoms with E-state index in [9.17, 15) is 4.79 Å². The minimum absolute atomic E-state index is 0.00793. The highest BCUT2D eigenvalue weighted by atomic mass is 16.5. The zero-order valence-electron chi connectivity index (χ0n) is 17.0. The lowest BCUT2D eigenvalue weighted by molar-refractivity contribution is -0.116. The molecule has 1 saturated heterocycles. The second kappa shape index (κ2) is 9.10. The van der Waals surface area contributed by atoms with Crippen LogP contribution in [0.4, 0.5) is 5.69 Å². The van der Waals surface area contributed by atoms with E-state index in [1.807, 2.05) is 32.0 Å². The van der Waals surface area contributed by atoms with Gasteiger partial charge in [0.1, 0.15) is 5.69 Å². The van der Waals surface area contributed by atoms with Crippen molar-refractivity contribution in [3.63, 3.8) is 0 Å². The Bertz CT molecular complexity index is 810. The fourth-order valence-corrected chi connectivity index (χ4v) is 3.52. The molecule has 2 heterocycles. The van der Waals surface area contributed by atoms with Gasteiger partial charge in [-0.25, -0.2) is 0 Å². The number of methoxy groups -OCH3 is 2. The number of benzene rings is 1. The molecule has 1 aromatic heterocycles. The van der Waals surface area contributed by atoms with Crippen LogP contribution in [-0.2, 0) is 9.53 Å². The lowest BCUT2D eigenvalue weighted by Crippen LogP contribution is -2.19. The molecule has 1 amide bonds. The Balaban J connectivity index is 2.00. The number of nitrogens with zero attached hydrogens (tertiary/aromatic N) is 1. The Kier molecular flexibility index (Phi) is 6.57. The second-order valence-electron chi connectivity index (χ2n) is 7.46. The molecule has 0 radical (unpaired) electrons. The summed E-state index contributed by atoms with van der Waals surface area (Å²) >= 11 is 0. The van der Waals surface area contributed by atoms with Crippen LogP contribution < -0.4 is 14.8 Å². The average Bonchev–Trinajstić information content (AvgIpc) is 3.10. The summed E-state index contributed by atoms with van der Waals surface area (Å²) in [6.45, 7) is 5.50. The minimum atomic E-state index is -0.00793. The van der Waals surface area contributed by atoms with Crippen LogP contribution in [0.2, 0.25) is 0 Å². The molecule has 152 valence electrons. The molecule has 0 aliphatic carbocycles. The number of carbonyl (C=O) groups excluding carboxylic acids is 1. The van der Waals surface area contributed by atoms with E-state index in [1.165, 1.54) is 0 Å². The zero-order chi connectivity index (χ0) is 20.1. The Hall–Kier alpha value is -2.54. The second-order valence-corrected chi connectivity index (χ2v) is 7.46. The first-order valence-corrected chi connectivity index (χ1v) is 9.71. The molecule has 0 atom stereocenters. The van der Waals surface area contributed by atoms with Crippen LogP contribution in [-0.4, -0.2) is 43.5 Å². The van der Waals surface area contributed by atoms with Crippen molar-refractivity contribution in [2.45, 2.75) is 39.0 Å². The molecular formula is C21H29N3O4. The summed E-state index contributed by atoms with van der Waals surface area (Å²) in [5, 5.41) is 10.8. The van der Waals surface area contributed by atoms with Gasteiger partial charge in [-0.3, -0.25) is 9.89 Å². The van der Waals surface area contributed by atoms with E-state index in [1.54, 1.807) is 14.2 Å². The van der Waals surface area contributed by atoms with Crippen molar-refractivity contribution in [2.75, 3.05) is 32.8 Å². The van der Waals surface area contributed by atoms with Crippen molar-refractivity contribution in [1.82, 2.24) is 10.2 Å². The average molecular weight is 387 g/mol. The van der Waals surface area contributed by atoms with Gasteiger partial charge >= 0.3 is 0 Å². The maximum Gasteiger partial charge on any atom is 0.224 e. The molecule has 2 N–H and O–H groups in total. The Morgan fingerprint density at radius 2 is 1.96 bits per heavy atom. The Morgan fingerprint density at radius 1 is 1.25 bits per heavy atom. The van der Waals surface area contributed by atoms with E-state index in [0.29, 0.717) is 23.6 Å². The van der Waals surface area contributed by atoms with Gasteiger partial charge in [-0.15, -0.1) is 0 Å². The van der Waals surface area contributed by atoms with Crippen LogP contribution in [0.5, 0.6) is 11.5 Å². The SMILES string of the molecule is COc1ccc(-c2n[nH]c(C3CCOCC3)c2NC(=O)CC(C)C)cc1OC. The van der Waals surface area contributed by atoms with E-state index in [-0.39, 0.29) is 17.7 Å². The summed E-state index contributed by atoms with van der Waals surface area (Å²) in [4.78, 5) is 12.5. The third-order valence-electron chi connectivity index (χ3n) is 4.94. The van der Waals surface area contributed by atoms with Gasteiger partial charge in [-0.2, -0.15) is 5.10 Å². The fraction of sp³-hybridized carbons (Fsp3) is 0.524. The highest BCUT2D eigenvalue weighted by molar-refractivity contribution is 5.96. The number of carbonyl (C=O) groups is 1. The van der Waals surface area contributed by atoms with Crippen LogP contribution in [0.15, 0.2) is 18.2 Å². The van der Waals surface area contributed by atoms with Crippen molar-refractivity contribution in [3.05, 3.63) is 23.9 Å². The van der Waals surface area contributed by atoms with Crippen molar-refractivity contribution < 1.29 is 19.0 Å². The summed E-state index contributed by atoms with van der Waals surface area (Å²) in [5.74, 6) is 1.82. The van der Waals surface area contributed by atoms with E-state index < -0.39 is 0 Å². The molecule has 1 aromatic carbocycles. The van der Waals surface area contributed by atoms with Crippen LogP contribution in [0.25, 0.3) is 11.3 Å². The number of amides is 1. The van der Waals surface area contributed by atoms with Crippen LogP contribution in [0.1, 0.15) is 44.7 Å². The lowest BCUT2D eigenvalue weighted by atomic mass is 9.94. The lowest BCUT2D eigenvalue weighted by Gasteiger charge is -2.22. The van der Waals surface area contributed by atoms with Crippen molar-refractivity contribution in [1.29, 1.82) is 0 Å². The molecule has 7 nitrogen and oxygen atoms in total. The number of aromatic amines is 1.